The topological polar surface area (TPSA) is 98.0 Å². The Hall–Kier alpha value is -2.78. The van der Waals surface area contributed by atoms with Gasteiger partial charge in [-0.2, -0.15) is 0 Å². The Labute approximate surface area is 170 Å². The zero-order chi connectivity index (χ0) is 19.8. The molecule has 0 aliphatic heterocycles. The van der Waals surface area contributed by atoms with E-state index in [4.69, 9.17) is 0 Å². The minimum Gasteiger partial charge on any atom is -0.300 e. The quantitative estimate of drug-likeness (QED) is 0.184. The third-order valence-corrected chi connectivity index (χ3v) is 5.93. The summed E-state index contributed by atoms with van der Waals surface area (Å²) in [6, 6.07) is 16.5. The average Bonchev–Trinajstić information content (AvgIpc) is 3.13. The van der Waals surface area contributed by atoms with Crippen molar-refractivity contribution in [2.45, 2.75) is 23.6 Å². The van der Waals surface area contributed by atoms with Gasteiger partial charge in [0.05, 0.1) is 11.3 Å². The molecule has 3 aromatic rings. The summed E-state index contributed by atoms with van der Waals surface area (Å²) in [6.07, 6.45) is 1.94. The van der Waals surface area contributed by atoms with Crippen LogP contribution in [0.4, 0.5) is 10.8 Å². The molecule has 144 valence electrons. The van der Waals surface area contributed by atoms with Crippen LogP contribution in [0.2, 0.25) is 0 Å². The molecule has 0 aliphatic rings. The normalized spacial score (nSPS) is 10.6. The number of hydrogen-bond donors (Lipinski definition) is 1. The summed E-state index contributed by atoms with van der Waals surface area (Å²) < 4.78 is 0.786. The van der Waals surface area contributed by atoms with Gasteiger partial charge in [-0.1, -0.05) is 71.6 Å². The fourth-order valence-corrected chi connectivity index (χ4v) is 4.35. The van der Waals surface area contributed by atoms with Gasteiger partial charge in [0.2, 0.25) is 11.0 Å². The molecule has 1 N–H and O–H groups in total. The molecule has 0 saturated carbocycles. The summed E-state index contributed by atoms with van der Waals surface area (Å²) in [5.41, 5.74) is 1.61. The van der Waals surface area contributed by atoms with Crippen molar-refractivity contribution in [2.24, 2.45) is 0 Å². The van der Waals surface area contributed by atoms with E-state index in [1.807, 2.05) is 18.2 Å². The Morgan fingerprint density at radius 1 is 1.11 bits per heavy atom. The summed E-state index contributed by atoms with van der Waals surface area (Å²) in [6.45, 7) is 0. The third kappa shape index (κ3) is 5.86. The van der Waals surface area contributed by atoms with Gasteiger partial charge >= 0.3 is 0 Å². The molecular formula is C19H18N4O3S2. The van der Waals surface area contributed by atoms with E-state index in [1.54, 1.807) is 30.0 Å². The first-order valence-electron chi connectivity index (χ1n) is 8.64. The summed E-state index contributed by atoms with van der Waals surface area (Å²) in [5, 5.41) is 22.1. The maximum Gasteiger partial charge on any atom is 0.273 e. The number of carbonyl (C=O) groups is 1. The second kappa shape index (κ2) is 9.95. The van der Waals surface area contributed by atoms with Crippen LogP contribution < -0.4 is 5.32 Å². The Morgan fingerprint density at radius 2 is 1.86 bits per heavy atom. The molecule has 2 aromatic carbocycles. The molecule has 28 heavy (non-hydrogen) atoms. The van der Waals surface area contributed by atoms with Crippen molar-refractivity contribution in [1.29, 1.82) is 0 Å². The highest BCUT2D eigenvalue weighted by Gasteiger charge is 2.16. The fourth-order valence-electron chi connectivity index (χ4n) is 2.57. The number of nitro groups is 1. The van der Waals surface area contributed by atoms with E-state index in [0.29, 0.717) is 10.7 Å². The number of aryl methyl sites for hydroxylation is 1. The maximum absolute atomic E-state index is 12.2. The molecule has 0 atom stereocenters. The number of nitrogens with one attached hydrogen (secondary N) is 1. The highest BCUT2D eigenvalue weighted by Crippen LogP contribution is 2.26. The van der Waals surface area contributed by atoms with Crippen LogP contribution in [0.5, 0.6) is 0 Å². The smallest absolute Gasteiger partial charge is 0.273 e. The molecule has 1 aromatic heterocycles. The van der Waals surface area contributed by atoms with Crippen LogP contribution >= 0.6 is 23.1 Å². The molecular weight excluding hydrogens is 396 g/mol. The molecule has 1 heterocycles. The predicted molar refractivity (Wildman–Crippen MR) is 111 cm³/mol. The summed E-state index contributed by atoms with van der Waals surface area (Å²) in [5.74, 6) is 0.555. The third-order valence-electron chi connectivity index (χ3n) is 3.87. The lowest BCUT2D eigenvalue weighted by molar-refractivity contribution is -0.385. The van der Waals surface area contributed by atoms with Crippen LogP contribution in [0.1, 0.15) is 17.5 Å². The lowest BCUT2D eigenvalue weighted by atomic mass is 10.1. The zero-order valence-corrected chi connectivity index (χ0v) is 16.5. The van der Waals surface area contributed by atoms with Gasteiger partial charge in [0.15, 0.2) is 4.34 Å². The van der Waals surface area contributed by atoms with Crippen molar-refractivity contribution in [3.63, 3.8) is 0 Å². The molecule has 0 aliphatic carbocycles. The lowest BCUT2D eigenvalue weighted by Gasteiger charge is -2.02. The Kier molecular flexibility index (Phi) is 7.10. The van der Waals surface area contributed by atoms with Crippen LogP contribution in [-0.4, -0.2) is 26.8 Å². The SMILES string of the molecule is O=C(Cc1ccccc1[N+](=O)[O-])Nc1nnc(SCCCc2ccccc2)s1. The van der Waals surface area contributed by atoms with Gasteiger partial charge in [-0.3, -0.25) is 14.9 Å². The molecule has 0 fully saturated rings. The van der Waals surface area contributed by atoms with Crippen molar-refractivity contribution in [3.8, 4) is 0 Å². The molecule has 0 bridgehead atoms. The Balaban J connectivity index is 1.46. The van der Waals surface area contributed by atoms with Crippen LogP contribution in [0, 0.1) is 10.1 Å². The van der Waals surface area contributed by atoms with Crippen molar-refractivity contribution >= 4 is 39.8 Å². The lowest BCUT2D eigenvalue weighted by Crippen LogP contribution is -2.15. The van der Waals surface area contributed by atoms with E-state index in [1.165, 1.54) is 23.0 Å². The number of rotatable bonds is 9. The number of amides is 1. The van der Waals surface area contributed by atoms with Crippen molar-refractivity contribution in [3.05, 3.63) is 75.8 Å². The van der Waals surface area contributed by atoms with Crippen LogP contribution in [0.15, 0.2) is 58.9 Å². The van der Waals surface area contributed by atoms with E-state index < -0.39 is 4.92 Å². The number of thioether (sulfide) groups is 1. The van der Waals surface area contributed by atoms with Gasteiger partial charge < -0.3 is 5.32 Å². The second-order valence-electron chi connectivity index (χ2n) is 5.92. The van der Waals surface area contributed by atoms with E-state index in [0.717, 1.165) is 22.9 Å². The first-order chi connectivity index (χ1) is 13.6. The second-order valence-corrected chi connectivity index (χ2v) is 8.24. The number of anilines is 1. The van der Waals surface area contributed by atoms with E-state index >= 15 is 0 Å². The zero-order valence-electron chi connectivity index (χ0n) is 14.9. The van der Waals surface area contributed by atoms with Crippen LogP contribution in [-0.2, 0) is 17.6 Å². The molecule has 0 radical (unpaired) electrons. The summed E-state index contributed by atoms with van der Waals surface area (Å²) in [4.78, 5) is 22.7. The molecule has 0 spiro atoms. The number of hydrogen-bond acceptors (Lipinski definition) is 7. The number of nitro benzene ring substituents is 1. The summed E-state index contributed by atoms with van der Waals surface area (Å²) >= 11 is 2.91. The van der Waals surface area contributed by atoms with Gasteiger partial charge in [-0.15, -0.1) is 10.2 Å². The molecule has 0 saturated heterocycles. The largest absolute Gasteiger partial charge is 0.300 e. The van der Waals surface area contributed by atoms with Crippen LogP contribution in [0.3, 0.4) is 0 Å². The molecule has 0 unspecified atom stereocenters. The fraction of sp³-hybridized carbons (Fsp3) is 0.211. The Bertz CT molecular complexity index is 947. The minimum absolute atomic E-state index is 0.0652. The Morgan fingerprint density at radius 3 is 2.64 bits per heavy atom. The van der Waals surface area contributed by atoms with Crippen molar-refractivity contribution in [2.75, 3.05) is 11.1 Å². The number of para-hydroxylation sites is 1. The number of benzene rings is 2. The van der Waals surface area contributed by atoms with Crippen molar-refractivity contribution in [1.82, 2.24) is 10.2 Å². The highest BCUT2D eigenvalue weighted by atomic mass is 32.2. The monoisotopic (exact) mass is 414 g/mol. The summed E-state index contributed by atoms with van der Waals surface area (Å²) in [7, 11) is 0. The molecule has 7 nitrogen and oxygen atoms in total. The number of aromatic nitrogens is 2. The van der Waals surface area contributed by atoms with Gasteiger partial charge in [0.1, 0.15) is 0 Å². The first kappa shape index (κ1) is 20.0. The van der Waals surface area contributed by atoms with E-state index in [-0.39, 0.29) is 18.0 Å². The van der Waals surface area contributed by atoms with E-state index in [9.17, 15) is 14.9 Å². The van der Waals surface area contributed by atoms with Gasteiger partial charge in [0, 0.05) is 17.4 Å². The van der Waals surface area contributed by atoms with Gasteiger partial charge in [-0.05, 0) is 18.4 Å². The standard InChI is InChI=1S/C19H18N4O3S2/c24-17(13-15-10-4-5-11-16(15)23(25)26)20-18-21-22-19(28-18)27-12-6-9-14-7-2-1-3-8-14/h1-5,7-8,10-11H,6,9,12-13H2,(H,20,21,24). The molecule has 9 heteroatoms. The predicted octanol–water partition coefficient (Wildman–Crippen LogP) is 4.35. The van der Waals surface area contributed by atoms with Gasteiger partial charge in [-0.25, -0.2) is 0 Å². The van der Waals surface area contributed by atoms with E-state index in [2.05, 4.69) is 27.6 Å². The maximum atomic E-state index is 12.2. The first-order valence-corrected chi connectivity index (χ1v) is 10.4. The van der Waals surface area contributed by atoms with Crippen molar-refractivity contribution < 1.29 is 9.72 Å². The average molecular weight is 415 g/mol. The minimum atomic E-state index is -0.488. The number of carbonyl (C=O) groups excluding carboxylic acids is 1. The number of nitrogens with zero attached hydrogens (tertiary/aromatic N) is 3. The molecule has 1 amide bonds. The van der Waals surface area contributed by atoms with Crippen LogP contribution in [0.25, 0.3) is 0 Å². The molecule has 3 rings (SSSR count). The van der Waals surface area contributed by atoms with Gasteiger partial charge in [0.25, 0.3) is 5.69 Å². The highest BCUT2D eigenvalue weighted by molar-refractivity contribution is 8.01.